The van der Waals surface area contributed by atoms with Gasteiger partial charge >= 0.3 is 0 Å². The number of sulfonamides is 1. The summed E-state index contributed by atoms with van der Waals surface area (Å²) in [7, 11) is -1.92. The van der Waals surface area contributed by atoms with Crippen molar-refractivity contribution in [3.05, 3.63) is 66.6 Å². The lowest BCUT2D eigenvalue weighted by molar-refractivity contribution is -0.109. The third-order valence-corrected chi connectivity index (χ3v) is 6.22. The molecule has 0 saturated heterocycles. The minimum atomic E-state index is -3.81. The van der Waals surface area contributed by atoms with Crippen molar-refractivity contribution in [2.45, 2.75) is 11.8 Å². The number of nitrogens with one attached hydrogen (secondary N) is 1. The number of aryl methyl sites for hydroxylation is 1. The van der Waals surface area contributed by atoms with E-state index < -0.39 is 10.0 Å². The van der Waals surface area contributed by atoms with E-state index in [9.17, 15) is 18.0 Å². The second-order valence-corrected chi connectivity index (χ2v) is 9.17. The largest absolute Gasteiger partial charge is 0.357 e. The lowest BCUT2D eigenvalue weighted by Gasteiger charge is -2.09. The molecule has 2 heterocycles. The van der Waals surface area contributed by atoms with Crippen LogP contribution >= 0.6 is 11.8 Å². The van der Waals surface area contributed by atoms with Crippen molar-refractivity contribution in [2.75, 3.05) is 10.5 Å². The van der Waals surface area contributed by atoms with Crippen LogP contribution in [0.2, 0.25) is 0 Å². The van der Waals surface area contributed by atoms with Crippen LogP contribution in [0.15, 0.2) is 66.0 Å². The Bertz CT molecular complexity index is 1140. The maximum absolute atomic E-state index is 12.6. The Morgan fingerprint density at radius 2 is 1.83 bits per heavy atom. The summed E-state index contributed by atoms with van der Waals surface area (Å²) in [4.78, 5) is 27.2. The number of aromatic nitrogens is 2. The van der Waals surface area contributed by atoms with Gasteiger partial charge in [-0.15, -0.1) is 0 Å². The van der Waals surface area contributed by atoms with Crippen LogP contribution in [0.25, 0.3) is 11.3 Å². The van der Waals surface area contributed by atoms with Crippen LogP contribution in [0.4, 0.5) is 5.69 Å². The van der Waals surface area contributed by atoms with Gasteiger partial charge in [-0.25, -0.2) is 8.42 Å². The summed E-state index contributed by atoms with van der Waals surface area (Å²) in [5.74, 6) is -0.139. The van der Waals surface area contributed by atoms with E-state index in [1.165, 1.54) is 43.5 Å². The highest BCUT2D eigenvalue weighted by molar-refractivity contribution is 8.14. The normalized spacial score (nSPS) is 11.2. The predicted octanol–water partition coefficient (Wildman–Crippen LogP) is 3.35. The number of nitrogens with zero attached hydrogens (tertiary/aromatic N) is 2. The Morgan fingerprint density at radius 3 is 2.38 bits per heavy atom. The summed E-state index contributed by atoms with van der Waals surface area (Å²) >= 11 is 0.938. The van der Waals surface area contributed by atoms with Gasteiger partial charge in [0.15, 0.2) is 10.9 Å². The van der Waals surface area contributed by atoms with Crippen LogP contribution in [-0.2, 0) is 21.9 Å². The summed E-state index contributed by atoms with van der Waals surface area (Å²) in [5, 5.41) is -0.130. The first kappa shape index (κ1) is 20.8. The number of pyridine rings is 1. The van der Waals surface area contributed by atoms with Crippen molar-refractivity contribution in [3.8, 4) is 11.3 Å². The number of carbonyl (C=O) groups excluding carboxylic acids is 2. The van der Waals surface area contributed by atoms with Gasteiger partial charge in [-0.05, 0) is 42.5 Å². The lowest BCUT2D eigenvalue weighted by atomic mass is 10.1. The van der Waals surface area contributed by atoms with Crippen molar-refractivity contribution >= 4 is 38.4 Å². The van der Waals surface area contributed by atoms with Gasteiger partial charge in [0.1, 0.15) is 4.90 Å². The Morgan fingerprint density at radius 1 is 1.10 bits per heavy atom. The first-order valence-electron chi connectivity index (χ1n) is 8.62. The van der Waals surface area contributed by atoms with E-state index >= 15 is 0 Å². The molecule has 0 atom stereocenters. The number of carbonyl (C=O) groups is 2. The highest BCUT2D eigenvalue weighted by Gasteiger charge is 2.16. The zero-order valence-corrected chi connectivity index (χ0v) is 17.5. The minimum Gasteiger partial charge on any atom is -0.357 e. The molecular formula is C20H19N3O4S2. The van der Waals surface area contributed by atoms with E-state index in [4.69, 9.17) is 0 Å². The highest BCUT2D eigenvalue weighted by Crippen LogP contribution is 2.21. The topological polar surface area (TPSA) is 98.1 Å². The number of benzene rings is 1. The fraction of sp³-hybridized carbons (Fsp3) is 0.150. The molecule has 3 aromatic rings. The number of hydrogen-bond donors (Lipinski definition) is 1. The third-order valence-electron chi connectivity index (χ3n) is 4.04. The van der Waals surface area contributed by atoms with Gasteiger partial charge in [0.2, 0.25) is 0 Å². The summed E-state index contributed by atoms with van der Waals surface area (Å²) < 4.78 is 29.5. The van der Waals surface area contributed by atoms with E-state index in [2.05, 4.69) is 9.71 Å². The van der Waals surface area contributed by atoms with Crippen LogP contribution in [0.5, 0.6) is 0 Å². The third kappa shape index (κ3) is 5.33. The minimum absolute atomic E-state index is 0.0372. The molecule has 150 valence electrons. The molecule has 0 aliphatic rings. The molecule has 7 nitrogen and oxygen atoms in total. The quantitative estimate of drug-likeness (QED) is 0.579. The molecule has 0 unspecified atom stereocenters. The molecule has 9 heteroatoms. The zero-order chi connectivity index (χ0) is 21.0. The Balaban J connectivity index is 1.70. The van der Waals surface area contributed by atoms with E-state index in [0.717, 1.165) is 17.3 Å². The number of hydrogen-bond acceptors (Lipinski definition) is 6. The molecule has 29 heavy (non-hydrogen) atoms. The van der Waals surface area contributed by atoms with Gasteiger partial charge in [-0.3, -0.25) is 19.3 Å². The molecule has 2 aromatic heterocycles. The average Bonchev–Trinajstić information content (AvgIpc) is 3.13. The van der Waals surface area contributed by atoms with Crippen LogP contribution in [0, 0.1) is 0 Å². The van der Waals surface area contributed by atoms with E-state index in [1.807, 2.05) is 30.1 Å². The molecule has 0 spiro atoms. The van der Waals surface area contributed by atoms with E-state index in [0.29, 0.717) is 16.9 Å². The van der Waals surface area contributed by atoms with Crippen molar-refractivity contribution in [2.24, 2.45) is 7.05 Å². The van der Waals surface area contributed by atoms with Crippen LogP contribution in [-0.4, -0.2) is 34.6 Å². The molecular weight excluding hydrogens is 410 g/mol. The Hall–Kier alpha value is -2.91. The number of thioether (sulfide) groups is 1. The van der Waals surface area contributed by atoms with E-state index in [-0.39, 0.29) is 21.5 Å². The van der Waals surface area contributed by atoms with Gasteiger partial charge in [0.25, 0.3) is 10.0 Å². The fourth-order valence-electron chi connectivity index (χ4n) is 2.55. The summed E-state index contributed by atoms with van der Waals surface area (Å²) in [6.07, 6.45) is 5.09. The molecule has 3 rings (SSSR count). The van der Waals surface area contributed by atoms with Gasteiger partial charge < -0.3 is 4.57 Å². The van der Waals surface area contributed by atoms with Gasteiger partial charge in [-0.2, -0.15) is 0 Å². The standard InChI is InChI=1S/C20H19N3O4S2/c1-14(24)28-13-20(25)15-3-5-17(6-4-15)22-29(26,27)18-7-8-19(21-11-18)16-9-10-23(2)12-16/h3-12,22H,13H2,1-2H3. The SMILES string of the molecule is CC(=O)SCC(=O)c1ccc(NS(=O)(=O)c2ccc(-c3ccn(C)c3)nc2)cc1. The zero-order valence-electron chi connectivity index (χ0n) is 15.8. The van der Waals surface area contributed by atoms with Crippen LogP contribution in [0.3, 0.4) is 0 Å². The van der Waals surface area contributed by atoms with Crippen LogP contribution < -0.4 is 4.72 Å². The molecule has 0 saturated carbocycles. The number of Topliss-reactive ketones (excluding diaryl/α,β-unsaturated/α-hetero) is 1. The maximum Gasteiger partial charge on any atom is 0.263 e. The summed E-state index contributed by atoms with van der Waals surface area (Å²) in [6, 6.07) is 11.1. The second-order valence-electron chi connectivity index (χ2n) is 6.33. The van der Waals surface area contributed by atoms with Crippen LogP contribution in [0.1, 0.15) is 17.3 Å². The monoisotopic (exact) mass is 429 g/mol. The Kier molecular flexibility index (Phi) is 6.19. The number of ketones is 1. The Labute approximate surface area is 173 Å². The fourth-order valence-corrected chi connectivity index (χ4v) is 4.06. The molecule has 0 radical (unpaired) electrons. The van der Waals surface area contributed by atoms with Gasteiger partial charge in [-0.1, -0.05) is 11.8 Å². The smallest absolute Gasteiger partial charge is 0.263 e. The molecule has 0 aliphatic heterocycles. The van der Waals surface area contributed by atoms with Gasteiger partial charge in [0, 0.05) is 49.4 Å². The molecule has 0 aliphatic carbocycles. The average molecular weight is 430 g/mol. The first-order valence-corrected chi connectivity index (χ1v) is 11.1. The summed E-state index contributed by atoms with van der Waals surface area (Å²) in [6.45, 7) is 1.40. The van der Waals surface area contributed by atoms with Gasteiger partial charge in [0.05, 0.1) is 11.4 Å². The van der Waals surface area contributed by atoms with Crippen molar-refractivity contribution in [3.63, 3.8) is 0 Å². The predicted molar refractivity (Wildman–Crippen MR) is 113 cm³/mol. The van der Waals surface area contributed by atoms with Crippen molar-refractivity contribution in [1.82, 2.24) is 9.55 Å². The number of rotatable bonds is 7. The maximum atomic E-state index is 12.6. The van der Waals surface area contributed by atoms with E-state index in [1.54, 1.807) is 6.07 Å². The molecule has 0 amide bonds. The summed E-state index contributed by atoms with van der Waals surface area (Å²) in [5.41, 5.74) is 2.31. The van der Waals surface area contributed by atoms with Crippen molar-refractivity contribution in [1.29, 1.82) is 0 Å². The first-order chi connectivity index (χ1) is 13.7. The molecule has 0 fully saturated rings. The lowest BCUT2D eigenvalue weighted by Crippen LogP contribution is -2.13. The number of anilines is 1. The molecule has 1 aromatic carbocycles. The molecule has 0 bridgehead atoms. The van der Waals surface area contributed by atoms with Crippen molar-refractivity contribution < 1.29 is 18.0 Å². The highest BCUT2D eigenvalue weighted by atomic mass is 32.2. The molecule has 1 N–H and O–H groups in total. The second kappa shape index (κ2) is 8.62.